The number of carbonyl (C=O) groups is 2. The molecule has 19 heavy (non-hydrogen) atoms. The first-order valence-electron chi connectivity index (χ1n) is 5.09. The van der Waals surface area contributed by atoms with Crippen LogP contribution < -0.4 is 0 Å². The number of rotatable bonds is 4. The standard InChI is InChI=1S/C11H7Cl2N3O3/c12-6-1-2-7(8(13)3-6)10(17)5-16-4-9(11(18)19)14-15-16/h1-4H,5H2,(H,18,19). The third kappa shape index (κ3) is 3.10. The fraction of sp³-hybridized carbons (Fsp3) is 0.0909. The second-order valence-electron chi connectivity index (χ2n) is 3.65. The van der Waals surface area contributed by atoms with Gasteiger partial charge in [0.05, 0.1) is 11.2 Å². The molecule has 2 rings (SSSR count). The Kier molecular flexibility index (Phi) is 3.82. The van der Waals surface area contributed by atoms with E-state index in [0.29, 0.717) is 10.6 Å². The Bertz CT molecular complexity index is 654. The summed E-state index contributed by atoms with van der Waals surface area (Å²) < 4.78 is 1.14. The lowest BCUT2D eigenvalue weighted by atomic mass is 10.1. The van der Waals surface area contributed by atoms with Crippen molar-refractivity contribution in [2.45, 2.75) is 6.54 Å². The maximum atomic E-state index is 12.0. The Hall–Kier alpha value is -1.92. The van der Waals surface area contributed by atoms with Crippen molar-refractivity contribution in [1.29, 1.82) is 0 Å². The van der Waals surface area contributed by atoms with Crippen LogP contribution >= 0.6 is 23.2 Å². The molecule has 1 heterocycles. The number of nitrogens with zero attached hydrogens (tertiary/aromatic N) is 3. The molecule has 0 unspecified atom stereocenters. The SMILES string of the molecule is O=C(O)c1cn(CC(=O)c2ccc(Cl)cc2Cl)nn1. The molecule has 0 aliphatic rings. The lowest BCUT2D eigenvalue weighted by Gasteiger charge is -2.03. The van der Waals surface area contributed by atoms with Crippen LogP contribution in [0.4, 0.5) is 0 Å². The van der Waals surface area contributed by atoms with Crippen LogP contribution in [0.3, 0.4) is 0 Å². The molecule has 1 aromatic carbocycles. The molecule has 0 bridgehead atoms. The van der Waals surface area contributed by atoms with Crippen LogP contribution in [0.15, 0.2) is 24.4 Å². The van der Waals surface area contributed by atoms with Gasteiger partial charge in [-0.1, -0.05) is 28.4 Å². The van der Waals surface area contributed by atoms with Gasteiger partial charge in [-0.2, -0.15) is 0 Å². The van der Waals surface area contributed by atoms with Gasteiger partial charge in [-0.25, -0.2) is 9.48 Å². The normalized spacial score (nSPS) is 10.4. The van der Waals surface area contributed by atoms with Crippen molar-refractivity contribution < 1.29 is 14.7 Å². The zero-order chi connectivity index (χ0) is 14.0. The van der Waals surface area contributed by atoms with Crippen LogP contribution in [-0.4, -0.2) is 31.9 Å². The van der Waals surface area contributed by atoms with Gasteiger partial charge in [0.1, 0.15) is 6.54 Å². The second-order valence-corrected chi connectivity index (χ2v) is 4.50. The van der Waals surface area contributed by atoms with Gasteiger partial charge >= 0.3 is 5.97 Å². The molecular weight excluding hydrogens is 293 g/mol. The first-order chi connectivity index (χ1) is 8.97. The fourth-order valence-electron chi connectivity index (χ4n) is 1.42. The number of carbonyl (C=O) groups excluding carboxylic acids is 1. The Labute approximate surface area is 117 Å². The molecule has 0 radical (unpaired) electrons. The molecule has 6 nitrogen and oxygen atoms in total. The van der Waals surface area contributed by atoms with E-state index in [2.05, 4.69) is 10.3 Å². The number of hydrogen-bond donors (Lipinski definition) is 1. The van der Waals surface area contributed by atoms with Crippen molar-refractivity contribution in [2.75, 3.05) is 0 Å². The molecule has 0 amide bonds. The van der Waals surface area contributed by atoms with Crippen LogP contribution in [0.2, 0.25) is 10.0 Å². The zero-order valence-electron chi connectivity index (χ0n) is 9.38. The predicted molar refractivity (Wildman–Crippen MR) is 67.8 cm³/mol. The van der Waals surface area contributed by atoms with Gasteiger partial charge in [-0.3, -0.25) is 4.79 Å². The number of Topliss-reactive ketones (excluding diaryl/α,β-unsaturated/α-hetero) is 1. The Morgan fingerprint density at radius 3 is 2.63 bits per heavy atom. The van der Waals surface area contributed by atoms with Crippen LogP contribution in [0.1, 0.15) is 20.8 Å². The maximum absolute atomic E-state index is 12.0. The molecule has 0 aliphatic heterocycles. The Balaban J connectivity index is 2.18. The summed E-state index contributed by atoms with van der Waals surface area (Å²) in [6.07, 6.45) is 1.17. The van der Waals surface area contributed by atoms with Gasteiger partial charge in [0, 0.05) is 10.6 Å². The molecule has 0 fully saturated rings. The number of carboxylic acid groups (broad SMARTS) is 1. The number of halogens is 2. The van der Waals surface area contributed by atoms with Crippen molar-refractivity contribution in [3.63, 3.8) is 0 Å². The third-order valence-corrected chi connectivity index (χ3v) is 2.84. The largest absolute Gasteiger partial charge is 0.476 e. The van der Waals surface area contributed by atoms with Gasteiger partial charge in [0.15, 0.2) is 11.5 Å². The summed E-state index contributed by atoms with van der Waals surface area (Å²) in [5, 5.41) is 16.3. The summed E-state index contributed by atoms with van der Waals surface area (Å²) in [5.41, 5.74) is 0.0634. The van der Waals surface area contributed by atoms with Crippen LogP contribution in [0.5, 0.6) is 0 Å². The quantitative estimate of drug-likeness (QED) is 0.875. The van der Waals surface area contributed by atoms with E-state index >= 15 is 0 Å². The van der Waals surface area contributed by atoms with Crippen molar-refractivity contribution in [3.05, 3.63) is 45.7 Å². The van der Waals surface area contributed by atoms with E-state index in [1.54, 1.807) is 6.07 Å². The van der Waals surface area contributed by atoms with Gasteiger partial charge in [-0.15, -0.1) is 5.10 Å². The number of aromatic carboxylic acids is 1. The minimum Gasteiger partial charge on any atom is -0.476 e. The summed E-state index contributed by atoms with van der Waals surface area (Å²) in [4.78, 5) is 22.6. The van der Waals surface area contributed by atoms with Crippen LogP contribution in [0, 0.1) is 0 Å². The van der Waals surface area contributed by atoms with E-state index in [4.69, 9.17) is 28.3 Å². The molecular formula is C11H7Cl2N3O3. The minimum absolute atomic E-state index is 0.151. The molecule has 0 saturated heterocycles. The number of benzene rings is 1. The molecule has 2 aromatic rings. The summed E-state index contributed by atoms with van der Waals surface area (Å²) in [7, 11) is 0. The number of carboxylic acids is 1. The Morgan fingerprint density at radius 2 is 2.05 bits per heavy atom. The van der Waals surface area contributed by atoms with E-state index in [9.17, 15) is 9.59 Å². The van der Waals surface area contributed by atoms with Crippen LogP contribution in [0.25, 0.3) is 0 Å². The van der Waals surface area contributed by atoms with Crippen molar-refractivity contribution in [3.8, 4) is 0 Å². The van der Waals surface area contributed by atoms with E-state index in [-0.39, 0.29) is 23.0 Å². The van der Waals surface area contributed by atoms with Crippen molar-refractivity contribution >= 4 is 35.0 Å². The highest BCUT2D eigenvalue weighted by molar-refractivity contribution is 6.36. The van der Waals surface area contributed by atoms with Gasteiger partial charge in [0.25, 0.3) is 0 Å². The molecule has 98 valence electrons. The molecule has 0 aliphatic carbocycles. The molecule has 8 heteroatoms. The molecule has 1 N–H and O–H groups in total. The lowest BCUT2D eigenvalue weighted by molar-refractivity contribution is 0.0690. The summed E-state index contributed by atoms with van der Waals surface area (Å²) in [6.45, 7) is -0.151. The monoisotopic (exact) mass is 299 g/mol. The summed E-state index contributed by atoms with van der Waals surface area (Å²) >= 11 is 11.6. The van der Waals surface area contributed by atoms with Gasteiger partial charge < -0.3 is 5.11 Å². The van der Waals surface area contributed by atoms with Gasteiger partial charge in [0.2, 0.25) is 0 Å². The predicted octanol–water partition coefficient (Wildman–Crippen LogP) is 2.17. The highest BCUT2D eigenvalue weighted by Gasteiger charge is 2.14. The fourth-order valence-corrected chi connectivity index (χ4v) is 1.94. The van der Waals surface area contributed by atoms with E-state index in [1.807, 2.05) is 0 Å². The van der Waals surface area contributed by atoms with Crippen LogP contribution in [-0.2, 0) is 6.54 Å². The highest BCUT2D eigenvalue weighted by Crippen LogP contribution is 2.21. The topological polar surface area (TPSA) is 85.1 Å². The highest BCUT2D eigenvalue weighted by atomic mass is 35.5. The summed E-state index contributed by atoms with van der Waals surface area (Å²) in [5.74, 6) is -1.52. The molecule has 0 spiro atoms. The maximum Gasteiger partial charge on any atom is 0.358 e. The van der Waals surface area contributed by atoms with Gasteiger partial charge in [-0.05, 0) is 18.2 Å². The number of ketones is 1. The number of hydrogen-bond acceptors (Lipinski definition) is 4. The molecule has 0 atom stereocenters. The third-order valence-electron chi connectivity index (χ3n) is 2.29. The average molecular weight is 300 g/mol. The number of aromatic nitrogens is 3. The summed E-state index contributed by atoms with van der Waals surface area (Å²) in [6, 6.07) is 4.51. The average Bonchev–Trinajstić information content (AvgIpc) is 2.77. The van der Waals surface area contributed by atoms with E-state index in [1.165, 1.54) is 18.3 Å². The minimum atomic E-state index is -1.21. The second kappa shape index (κ2) is 5.38. The van der Waals surface area contributed by atoms with E-state index < -0.39 is 5.97 Å². The first kappa shape index (κ1) is 13.5. The van der Waals surface area contributed by atoms with Crippen molar-refractivity contribution in [2.24, 2.45) is 0 Å². The first-order valence-corrected chi connectivity index (χ1v) is 5.84. The molecule has 0 saturated carbocycles. The van der Waals surface area contributed by atoms with Crippen molar-refractivity contribution in [1.82, 2.24) is 15.0 Å². The Morgan fingerprint density at radius 1 is 1.32 bits per heavy atom. The lowest BCUT2D eigenvalue weighted by Crippen LogP contribution is -2.11. The smallest absolute Gasteiger partial charge is 0.358 e. The van der Waals surface area contributed by atoms with E-state index in [0.717, 1.165) is 4.68 Å². The molecule has 1 aromatic heterocycles. The zero-order valence-corrected chi connectivity index (χ0v) is 10.9.